The number of allylic oxidation sites excluding steroid dienone is 1. The van der Waals surface area contributed by atoms with Gasteiger partial charge in [-0.05, 0) is 6.42 Å². The molecule has 0 saturated heterocycles. The molecule has 3 heterocycles. The Morgan fingerprint density at radius 1 is 1.34 bits per heavy atom. The standard InChI is InChI=1S/C22H22ClN3O5S/c1-11-6-12(24-9-13-10-26-4-5-32-21(26)25-13)7-16(27)22(11)20(28)17-14(29-2)8-15(30-3)18(23)19(17)31-22/h7-8,10-11,24H,4-6,9H2,1-3H3. The van der Waals surface area contributed by atoms with Gasteiger partial charge in [-0.25, -0.2) is 4.98 Å². The Morgan fingerprint density at radius 2 is 2.12 bits per heavy atom. The first-order chi connectivity index (χ1) is 15.4. The Morgan fingerprint density at radius 3 is 2.81 bits per heavy atom. The van der Waals surface area contributed by atoms with Crippen LogP contribution < -0.4 is 19.5 Å². The number of benzene rings is 1. The van der Waals surface area contributed by atoms with Crippen LogP contribution in [-0.2, 0) is 17.9 Å². The van der Waals surface area contributed by atoms with Crippen molar-refractivity contribution in [3.05, 3.63) is 40.3 Å². The van der Waals surface area contributed by atoms with Crippen LogP contribution in [0.3, 0.4) is 0 Å². The summed E-state index contributed by atoms with van der Waals surface area (Å²) in [6.45, 7) is 3.30. The van der Waals surface area contributed by atoms with Gasteiger partial charge in [0, 0.05) is 42.3 Å². The van der Waals surface area contributed by atoms with Gasteiger partial charge in [0.2, 0.25) is 17.2 Å². The maximum Gasteiger partial charge on any atom is 0.236 e. The van der Waals surface area contributed by atoms with E-state index in [1.165, 1.54) is 26.4 Å². The monoisotopic (exact) mass is 475 g/mol. The average molecular weight is 476 g/mol. The number of methoxy groups -OCH3 is 2. The highest BCUT2D eigenvalue weighted by atomic mass is 35.5. The second-order valence-corrected chi connectivity index (χ2v) is 9.46. The predicted octanol–water partition coefficient (Wildman–Crippen LogP) is 3.26. The van der Waals surface area contributed by atoms with Crippen LogP contribution in [0.1, 0.15) is 29.4 Å². The number of rotatable bonds is 5. The summed E-state index contributed by atoms with van der Waals surface area (Å²) >= 11 is 8.15. The van der Waals surface area contributed by atoms with Gasteiger partial charge in [-0.3, -0.25) is 9.59 Å². The number of hydrogen-bond acceptors (Lipinski definition) is 8. The molecule has 0 fully saturated rings. The molecule has 0 bridgehead atoms. The number of hydrogen-bond donors (Lipinski definition) is 1. The fourth-order valence-electron chi connectivity index (χ4n) is 4.50. The number of nitrogens with zero attached hydrogens (tertiary/aromatic N) is 2. The number of carbonyl (C=O) groups is 2. The fraction of sp³-hybridized carbons (Fsp3) is 0.409. The van der Waals surface area contributed by atoms with Crippen LogP contribution in [0.5, 0.6) is 17.2 Å². The highest BCUT2D eigenvalue weighted by molar-refractivity contribution is 7.99. The van der Waals surface area contributed by atoms with Crippen molar-refractivity contribution in [3.63, 3.8) is 0 Å². The normalized spacial score (nSPS) is 23.6. The molecular weight excluding hydrogens is 454 g/mol. The number of ketones is 2. The van der Waals surface area contributed by atoms with Gasteiger partial charge in [0.1, 0.15) is 22.1 Å². The van der Waals surface area contributed by atoms with E-state index in [0.717, 1.165) is 28.8 Å². The molecule has 0 saturated carbocycles. The smallest absolute Gasteiger partial charge is 0.236 e. The minimum Gasteiger partial charge on any atom is -0.496 e. The Bertz CT molecular complexity index is 1160. The number of halogens is 1. The second-order valence-electron chi connectivity index (χ2n) is 8.02. The predicted molar refractivity (Wildman–Crippen MR) is 119 cm³/mol. The van der Waals surface area contributed by atoms with E-state index in [-0.39, 0.29) is 22.1 Å². The number of nitrogens with one attached hydrogen (secondary N) is 1. The topological polar surface area (TPSA) is 91.7 Å². The molecule has 1 aromatic heterocycles. The number of ether oxygens (including phenoxy) is 3. The molecule has 1 spiro atoms. The van der Waals surface area contributed by atoms with Crippen molar-refractivity contribution in [2.75, 3.05) is 20.0 Å². The molecule has 8 nitrogen and oxygen atoms in total. The molecule has 2 unspecified atom stereocenters. The maximum atomic E-state index is 13.5. The summed E-state index contributed by atoms with van der Waals surface area (Å²) in [5.41, 5.74) is 0.172. The number of aryl methyl sites for hydroxylation is 1. The molecule has 3 aliphatic rings. The molecule has 5 rings (SSSR count). The Balaban J connectivity index is 1.42. The average Bonchev–Trinajstić information content (AvgIpc) is 3.44. The van der Waals surface area contributed by atoms with E-state index >= 15 is 0 Å². The van der Waals surface area contributed by atoms with Crippen LogP contribution in [-0.4, -0.2) is 46.7 Å². The van der Waals surface area contributed by atoms with Crippen LogP contribution in [0.2, 0.25) is 5.02 Å². The molecule has 0 radical (unpaired) electrons. The largest absolute Gasteiger partial charge is 0.496 e. The molecule has 1 N–H and O–H groups in total. The molecule has 10 heteroatoms. The Labute approximate surface area is 194 Å². The van der Waals surface area contributed by atoms with Crippen LogP contribution in [0.25, 0.3) is 0 Å². The second kappa shape index (κ2) is 7.74. The van der Waals surface area contributed by atoms with E-state index in [0.29, 0.717) is 18.7 Å². The Hall–Kier alpha value is -2.65. The summed E-state index contributed by atoms with van der Waals surface area (Å²) in [6.07, 6.45) is 3.95. The first kappa shape index (κ1) is 21.2. The van der Waals surface area contributed by atoms with Crippen LogP contribution >= 0.6 is 23.4 Å². The van der Waals surface area contributed by atoms with Crippen molar-refractivity contribution in [1.29, 1.82) is 0 Å². The van der Waals surface area contributed by atoms with E-state index in [9.17, 15) is 9.59 Å². The quantitative estimate of drug-likeness (QED) is 0.659. The van der Waals surface area contributed by atoms with Crippen molar-refractivity contribution in [2.45, 2.75) is 37.2 Å². The third-order valence-corrected chi connectivity index (χ3v) is 7.49. The van der Waals surface area contributed by atoms with Crippen molar-refractivity contribution in [3.8, 4) is 17.2 Å². The molecule has 2 aromatic rings. The zero-order chi connectivity index (χ0) is 22.6. The van der Waals surface area contributed by atoms with Gasteiger partial charge < -0.3 is 24.1 Å². The van der Waals surface area contributed by atoms with Gasteiger partial charge in [-0.15, -0.1) is 0 Å². The van der Waals surface area contributed by atoms with Crippen molar-refractivity contribution >= 4 is 34.9 Å². The third kappa shape index (κ3) is 3.02. The number of Topliss-reactive ketones (excluding diaryl/α,β-unsaturated/α-hetero) is 1. The summed E-state index contributed by atoms with van der Waals surface area (Å²) in [7, 11) is 2.90. The highest BCUT2D eigenvalue weighted by Gasteiger charge is 2.60. The van der Waals surface area contributed by atoms with E-state index in [1.54, 1.807) is 11.8 Å². The SMILES string of the molecule is COc1cc(OC)c2c(c1Cl)OC1(C(=O)C=C(NCc3cn4c(n3)SCC4)CC1C)C2=O. The molecule has 1 aromatic carbocycles. The third-order valence-electron chi connectivity index (χ3n) is 6.16. The highest BCUT2D eigenvalue weighted by Crippen LogP contribution is 2.52. The number of aromatic nitrogens is 2. The zero-order valence-electron chi connectivity index (χ0n) is 17.9. The van der Waals surface area contributed by atoms with Crippen LogP contribution in [0, 0.1) is 5.92 Å². The summed E-state index contributed by atoms with van der Waals surface area (Å²) in [6, 6.07) is 1.53. The van der Waals surface area contributed by atoms with Gasteiger partial charge in [0.25, 0.3) is 0 Å². The minimum atomic E-state index is -1.66. The summed E-state index contributed by atoms with van der Waals surface area (Å²) < 4.78 is 18.8. The fourth-order valence-corrected chi connectivity index (χ4v) is 5.73. The van der Waals surface area contributed by atoms with E-state index in [1.807, 2.05) is 13.1 Å². The lowest BCUT2D eigenvalue weighted by Gasteiger charge is -2.35. The van der Waals surface area contributed by atoms with Crippen molar-refractivity contribution in [1.82, 2.24) is 14.9 Å². The van der Waals surface area contributed by atoms with Gasteiger partial charge in [0.15, 0.2) is 10.9 Å². The van der Waals surface area contributed by atoms with Gasteiger partial charge in [-0.1, -0.05) is 30.3 Å². The van der Waals surface area contributed by atoms with Gasteiger partial charge in [-0.2, -0.15) is 0 Å². The van der Waals surface area contributed by atoms with Crippen molar-refractivity contribution in [2.24, 2.45) is 5.92 Å². The summed E-state index contributed by atoms with van der Waals surface area (Å²) in [5.74, 6) is 0.475. The first-order valence-corrected chi connectivity index (χ1v) is 11.6. The molecule has 168 valence electrons. The van der Waals surface area contributed by atoms with Crippen LogP contribution in [0.15, 0.2) is 29.2 Å². The molecular formula is C22H22ClN3O5S. The molecule has 2 aliphatic heterocycles. The number of fused-ring (bicyclic) bond motifs is 2. The maximum absolute atomic E-state index is 13.5. The van der Waals surface area contributed by atoms with E-state index in [4.69, 9.17) is 25.8 Å². The molecule has 0 amide bonds. The lowest BCUT2D eigenvalue weighted by Crippen LogP contribution is -2.55. The molecule has 32 heavy (non-hydrogen) atoms. The van der Waals surface area contributed by atoms with Gasteiger partial charge in [0.05, 0.1) is 26.5 Å². The Kier molecular flexibility index (Phi) is 5.13. The lowest BCUT2D eigenvalue weighted by molar-refractivity contribution is -0.129. The number of imidazole rings is 1. The zero-order valence-corrected chi connectivity index (χ0v) is 19.4. The van der Waals surface area contributed by atoms with Crippen LogP contribution in [0.4, 0.5) is 0 Å². The van der Waals surface area contributed by atoms with Gasteiger partial charge >= 0.3 is 0 Å². The first-order valence-electron chi connectivity index (χ1n) is 10.2. The van der Waals surface area contributed by atoms with E-state index < -0.39 is 23.1 Å². The summed E-state index contributed by atoms with van der Waals surface area (Å²) in [4.78, 5) is 31.4. The molecule has 2 atom stereocenters. The lowest BCUT2D eigenvalue weighted by atomic mass is 9.74. The summed E-state index contributed by atoms with van der Waals surface area (Å²) in [5, 5.41) is 4.47. The number of carbonyl (C=O) groups excluding carboxylic acids is 2. The van der Waals surface area contributed by atoms with Crippen molar-refractivity contribution < 1.29 is 23.8 Å². The minimum absolute atomic E-state index is 0.128. The number of thioether (sulfide) groups is 1. The van der Waals surface area contributed by atoms with E-state index in [2.05, 4.69) is 14.9 Å². The molecule has 1 aliphatic carbocycles.